The van der Waals surface area contributed by atoms with Gasteiger partial charge in [0.1, 0.15) is 0 Å². The van der Waals surface area contributed by atoms with Crippen LogP contribution in [0.5, 0.6) is 0 Å². The highest BCUT2D eigenvalue weighted by atomic mass is 19.1. The summed E-state index contributed by atoms with van der Waals surface area (Å²) < 4.78 is 13.6. The molecule has 16 heavy (non-hydrogen) atoms. The van der Waals surface area contributed by atoms with Crippen LogP contribution in [-0.4, -0.2) is 30.2 Å². The zero-order valence-corrected chi connectivity index (χ0v) is 9.19. The van der Waals surface area contributed by atoms with Crippen molar-refractivity contribution in [2.24, 2.45) is 0 Å². The highest BCUT2D eigenvalue weighted by molar-refractivity contribution is 5.40. The van der Waals surface area contributed by atoms with Crippen molar-refractivity contribution in [1.82, 2.24) is 10.3 Å². The van der Waals surface area contributed by atoms with E-state index in [2.05, 4.69) is 15.2 Å². The third-order valence-corrected chi connectivity index (χ3v) is 3.56. The predicted molar refractivity (Wildman–Crippen MR) is 61.0 cm³/mol. The first kappa shape index (κ1) is 10.0. The minimum Gasteiger partial charge on any atom is -0.353 e. The van der Waals surface area contributed by atoms with Crippen molar-refractivity contribution in [3.05, 3.63) is 24.1 Å². The fraction of sp³-hybridized carbons (Fsp3) is 0.583. The minimum absolute atomic E-state index is 0.208. The van der Waals surface area contributed by atoms with Crippen LogP contribution in [0, 0.1) is 5.82 Å². The first-order valence-corrected chi connectivity index (χ1v) is 5.94. The fourth-order valence-corrected chi connectivity index (χ4v) is 2.75. The second-order valence-electron chi connectivity index (χ2n) is 4.68. The van der Waals surface area contributed by atoms with Gasteiger partial charge in [-0.05, 0) is 31.4 Å². The Labute approximate surface area is 94.7 Å². The van der Waals surface area contributed by atoms with E-state index < -0.39 is 0 Å². The summed E-state index contributed by atoms with van der Waals surface area (Å²) in [6.07, 6.45) is 5.22. The van der Waals surface area contributed by atoms with Gasteiger partial charge in [-0.3, -0.25) is 0 Å². The lowest BCUT2D eigenvalue weighted by molar-refractivity contribution is 0.563. The molecule has 4 heteroatoms. The first-order chi connectivity index (χ1) is 7.83. The van der Waals surface area contributed by atoms with Gasteiger partial charge in [-0.2, -0.15) is 0 Å². The smallest absolute Gasteiger partial charge is 0.165 e. The van der Waals surface area contributed by atoms with Crippen LogP contribution in [0.2, 0.25) is 0 Å². The van der Waals surface area contributed by atoms with E-state index in [0.29, 0.717) is 17.9 Å². The summed E-state index contributed by atoms with van der Waals surface area (Å²) in [5.74, 6) is 0.303. The third kappa shape index (κ3) is 1.78. The molecule has 2 unspecified atom stereocenters. The second kappa shape index (κ2) is 4.01. The molecule has 3 rings (SSSR count). The molecule has 0 spiro atoms. The quantitative estimate of drug-likeness (QED) is 0.780. The molecule has 2 aliphatic rings. The fourth-order valence-electron chi connectivity index (χ4n) is 2.75. The number of hydrogen-bond donors (Lipinski definition) is 1. The molecular formula is C12H16FN3. The van der Waals surface area contributed by atoms with Crippen LogP contribution in [-0.2, 0) is 0 Å². The van der Waals surface area contributed by atoms with Crippen LogP contribution in [0.4, 0.5) is 10.2 Å². The van der Waals surface area contributed by atoms with Crippen LogP contribution in [0.1, 0.15) is 19.3 Å². The molecule has 0 aliphatic carbocycles. The topological polar surface area (TPSA) is 28.2 Å². The van der Waals surface area contributed by atoms with Crippen molar-refractivity contribution < 1.29 is 4.39 Å². The molecule has 0 aromatic carbocycles. The number of nitrogens with zero attached hydrogens (tertiary/aromatic N) is 2. The summed E-state index contributed by atoms with van der Waals surface area (Å²) in [6, 6.07) is 4.26. The summed E-state index contributed by atoms with van der Waals surface area (Å²) in [4.78, 5) is 6.23. The third-order valence-electron chi connectivity index (χ3n) is 3.56. The normalized spacial score (nSPS) is 29.2. The largest absolute Gasteiger partial charge is 0.353 e. The van der Waals surface area contributed by atoms with Crippen molar-refractivity contribution in [3.63, 3.8) is 0 Å². The average molecular weight is 221 g/mol. The molecule has 2 bridgehead atoms. The van der Waals surface area contributed by atoms with E-state index in [1.807, 2.05) is 0 Å². The standard InChI is InChI=1S/C12H16FN3/c13-11-2-1-6-14-12(11)16-7-5-9-3-4-10(8-16)15-9/h1-2,6,9-10,15H,3-5,7-8H2. The van der Waals surface area contributed by atoms with Crippen molar-refractivity contribution in [3.8, 4) is 0 Å². The lowest BCUT2D eigenvalue weighted by atomic mass is 10.1. The highest BCUT2D eigenvalue weighted by Crippen LogP contribution is 2.24. The van der Waals surface area contributed by atoms with E-state index in [-0.39, 0.29) is 5.82 Å². The molecule has 2 saturated heterocycles. The van der Waals surface area contributed by atoms with Gasteiger partial charge in [-0.1, -0.05) is 0 Å². The SMILES string of the molecule is Fc1cccnc1N1CCC2CCC(C1)N2. The van der Waals surface area contributed by atoms with Crippen molar-refractivity contribution in [1.29, 1.82) is 0 Å². The summed E-state index contributed by atoms with van der Waals surface area (Å²) in [5.41, 5.74) is 0. The van der Waals surface area contributed by atoms with Gasteiger partial charge in [-0.25, -0.2) is 9.37 Å². The van der Waals surface area contributed by atoms with E-state index in [0.717, 1.165) is 19.5 Å². The van der Waals surface area contributed by atoms with Crippen molar-refractivity contribution in [2.45, 2.75) is 31.3 Å². The van der Waals surface area contributed by atoms with Gasteiger partial charge < -0.3 is 10.2 Å². The molecule has 3 nitrogen and oxygen atoms in total. The Morgan fingerprint density at radius 3 is 3.06 bits per heavy atom. The Kier molecular flexibility index (Phi) is 2.52. The predicted octanol–water partition coefficient (Wildman–Crippen LogP) is 1.55. The summed E-state index contributed by atoms with van der Waals surface area (Å²) in [6.45, 7) is 1.78. The number of aromatic nitrogens is 1. The van der Waals surface area contributed by atoms with E-state index in [1.165, 1.54) is 18.9 Å². The molecule has 3 heterocycles. The Morgan fingerprint density at radius 2 is 2.19 bits per heavy atom. The minimum atomic E-state index is -0.208. The molecule has 2 aliphatic heterocycles. The molecule has 2 fully saturated rings. The first-order valence-electron chi connectivity index (χ1n) is 5.94. The van der Waals surface area contributed by atoms with Gasteiger partial charge in [0.25, 0.3) is 0 Å². The molecule has 2 atom stereocenters. The Morgan fingerprint density at radius 1 is 1.31 bits per heavy atom. The molecular weight excluding hydrogens is 205 g/mol. The van der Waals surface area contributed by atoms with Gasteiger partial charge in [0.05, 0.1) is 0 Å². The maximum Gasteiger partial charge on any atom is 0.165 e. The zero-order chi connectivity index (χ0) is 11.0. The number of hydrogen-bond acceptors (Lipinski definition) is 3. The zero-order valence-electron chi connectivity index (χ0n) is 9.19. The number of nitrogens with one attached hydrogen (secondary N) is 1. The maximum absolute atomic E-state index is 13.6. The maximum atomic E-state index is 13.6. The summed E-state index contributed by atoms with van der Waals surface area (Å²) in [5, 5.41) is 3.58. The van der Waals surface area contributed by atoms with Crippen LogP contribution in [0.15, 0.2) is 18.3 Å². The lowest BCUT2D eigenvalue weighted by Gasteiger charge is -2.25. The number of anilines is 1. The Hall–Kier alpha value is -1.16. The number of pyridine rings is 1. The Balaban J connectivity index is 1.82. The summed E-state index contributed by atoms with van der Waals surface area (Å²) in [7, 11) is 0. The van der Waals surface area contributed by atoms with E-state index in [9.17, 15) is 4.39 Å². The van der Waals surface area contributed by atoms with Crippen LogP contribution in [0.25, 0.3) is 0 Å². The van der Waals surface area contributed by atoms with Crippen molar-refractivity contribution >= 4 is 5.82 Å². The molecule has 1 aromatic heterocycles. The number of rotatable bonds is 1. The van der Waals surface area contributed by atoms with Crippen LogP contribution < -0.4 is 10.2 Å². The molecule has 1 N–H and O–H groups in total. The monoisotopic (exact) mass is 221 g/mol. The van der Waals surface area contributed by atoms with Gasteiger partial charge >= 0.3 is 0 Å². The van der Waals surface area contributed by atoms with E-state index in [1.54, 1.807) is 12.3 Å². The van der Waals surface area contributed by atoms with E-state index >= 15 is 0 Å². The molecule has 0 amide bonds. The molecule has 86 valence electrons. The van der Waals surface area contributed by atoms with Gasteiger partial charge in [0.2, 0.25) is 0 Å². The van der Waals surface area contributed by atoms with Gasteiger partial charge in [0, 0.05) is 31.4 Å². The van der Waals surface area contributed by atoms with Crippen molar-refractivity contribution in [2.75, 3.05) is 18.0 Å². The van der Waals surface area contributed by atoms with Crippen LogP contribution >= 0.6 is 0 Å². The number of halogens is 1. The molecule has 0 radical (unpaired) electrons. The molecule has 0 saturated carbocycles. The average Bonchev–Trinajstić information content (AvgIpc) is 2.60. The summed E-state index contributed by atoms with van der Waals surface area (Å²) >= 11 is 0. The van der Waals surface area contributed by atoms with Crippen LogP contribution in [0.3, 0.4) is 0 Å². The Bertz CT molecular complexity index is 382. The highest BCUT2D eigenvalue weighted by Gasteiger charge is 2.30. The molecule has 1 aromatic rings. The number of fused-ring (bicyclic) bond motifs is 2. The lowest BCUT2D eigenvalue weighted by Crippen LogP contribution is -2.36. The van der Waals surface area contributed by atoms with Gasteiger partial charge in [0.15, 0.2) is 11.6 Å². The second-order valence-corrected chi connectivity index (χ2v) is 4.68. The van der Waals surface area contributed by atoms with E-state index in [4.69, 9.17) is 0 Å². The van der Waals surface area contributed by atoms with Gasteiger partial charge in [-0.15, -0.1) is 0 Å².